The molecule has 3 aromatic rings. The topological polar surface area (TPSA) is 22.0 Å². The number of ketones is 1. The molecule has 2 nitrogen and oxygen atoms in total. The Morgan fingerprint density at radius 2 is 1.68 bits per heavy atom. The highest BCUT2D eigenvalue weighted by Gasteiger charge is 2.25. The Bertz CT molecular complexity index is 830. The average molecular weight is 289 g/mol. The SMILES string of the molecule is O=C1CCCc2c1c1ccccc1n2CCc1ccccc1. The monoisotopic (exact) mass is 289 g/mol. The van der Waals surface area contributed by atoms with E-state index in [4.69, 9.17) is 0 Å². The van der Waals surface area contributed by atoms with Gasteiger partial charge in [0.1, 0.15) is 0 Å². The van der Waals surface area contributed by atoms with Crippen LogP contribution in [-0.4, -0.2) is 10.4 Å². The van der Waals surface area contributed by atoms with Crippen molar-refractivity contribution in [1.82, 2.24) is 4.57 Å². The Morgan fingerprint density at radius 1 is 0.909 bits per heavy atom. The molecular weight excluding hydrogens is 270 g/mol. The maximum atomic E-state index is 12.4. The zero-order chi connectivity index (χ0) is 14.9. The number of benzene rings is 2. The quantitative estimate of drug-likeness (QED) is 0.700. The van der Waals surface area contributed by atoms with Crippen LogP contribution in [0.2, 0.25) is 0 Å². The van der Waals surface area contributed by atoms with Crippen LogP contribution < -0.4 is 0 Å². The minimum atomic E-state index is 0.316. The number of hydrogen-bond acceptors (Lipinski definition) is 1. The smallest absolute Gasteiger partial charge is 0.165 e. The van der Waals surface area contributed by atoms with Gasteiger partial charge in [0.15, 0.2) is 5.78 Å². The van der Waals surface area contributed by atoms with Crippen molar-refractivity contribution in [3.8, 4) is 0 Å². The van der Waals surface area contributed by atoms with Crippen LogP contribution in [0.4, 0.5) is 0 Å². The summed E-state index contributed by atoms with van der Waals surface area (Å²) in [5, 5.41) is 1.13. The summed E-state index contributed by atoms with van der Waals surface area (Å²) in [5.74, 6) is 0.316. The molecule has 4 rings (SSSR count). The normalized spacial score (nSPS) is 14.3. The summed E-state index contributed by atoms with van der Waals surface area (Å²) in [6.07, 6.45) is 3.69. The zero-order valence-corrected chi connectivity index (χ0v) is 12.6. The van der Waals surface area contributed by atoms with Crippen molar-refractivity contribution >= 4 is 16.7 Å². The van der Waals surface area contributed by atoms with E-state index in [0.717, 1.165) is 36.8 Å². The molecule has 2 aromatic carbocycles. The van der Waals surface area contributed by atoms with E-state index in [1.165, 1.54) is 16.8 Å². The summed E-state index contributed by atoms with van der Waals surface area (Å²) in [7, 11) is 0. The number of carbonyl (C=O) groups excluding carboxylic acids is 1. The van der Waals surface area contributed by atoms with Gasteiger partial charge in [0.25, 0.3) is 0 Å². The lowest BCUT2D eigenvalue weighted by Gasteiger charge is -2.15. The van der Waals surface area contributed by atoms with Crippen molar-refractivity contribution in [3.05, 3.63) is 71.4 Å². The van der Waals surface area contributed by atoms with E-state index in [0.29, 0.717) is 12.2 Å². The second-order valence-electron chi connectivity index (χ2n) is 6.00. The van der Waals surface area contributed by atoms with Gasteiger partial charge in [-0.05, 0) is 30.9 Å². The molecule has 110 valence electrons. The van der Waals surface area contributed by atoms with Crippen LogP contribution in [0.15, 0.2) is 54.6 Å². The third-order valence-electron chi connectivity index (χ3n) is 4.64. The summed E-state index contributed by atoms with van der Waals surface area (Å²) in [5.41, 5.74) is 4.78. The third-order valence-corrected chi connectivity index (χ3v) is 4.64. The van der Waals surface area contributed by atoms with Crippen LogP contribution >= 0.6 is 0 Å². The standard InChI is InChI=1S/C20H19NO/c22-19-12-6-11-18-20(19)16-9-4-5-10-17(16)21(18)14-13-15-7-2-1-3-8-15/h1-5,7-10H,6,11-14H2. The highest BCUT2D eigenvalue weighted by Crippen LogP contribution is 2.32. The van der Waals surface area contributed by atoms with Gasteiger partial charge in [-0.3, -0.25) is 4.79 Å². The van der Waals surface area contributed by atoms with Crippen LogP contribution in [0.3, 0.4) is 0 Å². The van der Waals surface area contributed by atoms with Gasteiger partial charge >= 0.3 is 0 Å². The van der Waals surface area contributed by atoms with Gasteiger partial charge in [-0.2, -0.15) is 0 Å². The summed E-state index contributed by atoms with van der Waals surface area (Å²) in [4.78, 5) is 12.4. The van der Waals surface area contributed by atoms with Crippen molar-refractivity contribution < 1.29 is 4.79 Å². The predicted molar refractivity (Wildman–Crippen MR) is 89.4 cm³/mol. The lowest BCUT2D eigenvalue weighted by molar-refractivity contribution is 0.0973. The molecule has 0 spiro atoms. The molecule has 0 atom stereocenters. The van der Waals surface area contributed by atoms with Crippen LogP contribution in [0.1, 0.15) is 34.5 Å². The first-order chi connectivity index (χ1) is 10.8. The first-order valence-electron chi connectivity index (χ1n) is 8.02. The Morgan fingerprint density at radius 3 is 2.55 bits per heavy atom. The highest BCUT2D eigenvalue weighted by atomic mass is 16.1. The van der Waals surface area contributed by atoms with Gasteiger partial charge in [-0.15, -0.1) is 0 Å². The molecular formula is C20H19NO. The van der Waals surface area contributed by atoms with E-state index >= 15 is 0 Å². The van der Waals surface area contributed by atoms with Gasteiger partial charge in [0.05, 0.1) is 0 Å². The summed E-state index contributed by atoms with van der Waals surface area (Å²) in [6, 6.07) is 18.9. The van der Waals surface area contributed by atoms with E-state index in [2.05, 4.69) is 53.1 Å². The van der Waals surface area contributed by atoms with E-state index in [-0.39, 0.29) is 0 Å². The maximum absolute atomic E-state index is 12.4. The average Bonchev–Trinajstić information content (AvgIpc) is 2.89. The Labute approximate surface area is 130 Å². The number of carbonyl (C=O) groups is 1. The second-order valence-corrected chi connectivity index (χ2v) is 6.00. The molecule has 0 saturated heterocycles. The zero-order valence-electron chi connectivity index (χ0n) is 12.6. The molecule has 1 aliphatic carbocycles. The van der Waals surface area contributed by atoms with Crippen LogP contribution in [0.5, 0.6) is 0 Å². The molecule has 0 radical (unpaired) electrons. The Kier molecular flexibility index (Phi) is 3.30. The molecule has 1 aromatic heterocycles. The summed E-state index contributed by atoms with van der Waals surface area (Å²) < 4.78 is 2.37. The van der Waals surface area contributed by atoms with E-state index < -0.39 is 0 Å². The minimum Gasteiger partial charge on any atom is -0.344 e. The fourth-order valence-corrected chi connectivity index (χ4v) is 3.61. The first-order valence-corrected chi connectivity index (χ1v) is 8.02. The number of rotatable bonds is 3. The lowest BCUT2D eigenvalue weighted by Crippen LogP contribution is -2.14. The van der Waals surface area contributed by atoms with Crippen molar-refractivity contribution in [3.63, 3.8) is 0 Å². The largest absolute Gasteiger partial charge is 0.344 e. The Balaban J connectivity index is 1.78. The van der Waals surface area contributed by atoms with Crippen molar-refractivity contribution in [2.24, 2.45) is 0 Å². The van der Waals surface area contributed by atoms with Gasteiger partial charge in [-0.25, -0.2) is 0 Å². The molecule has 1 heterocycles. The van der Waals surface area contributed by atoms with Crippen LogP contribution in [0, 0.1) is 0 Å². The number of fused-ring (bicyclic) bond motifs is 3. The van der Waals surface area contributed by atoms with Crippen LogP contribution in [-0.2, 0) is 19.4 Å². The fraction of sp³-hybridized carbons (Fsp3) is 0.250. The van der Waals surface area contributed by atoms with E-state index in [1.807, 2.05) is 6.07 Å². The van der Waals surface area contributed by atoms with Gasteiger partial charge in [0, 0.05) is 35.1 Å². The van der Waals surface area contributed by atoms with Crippen molar-refractivity contribution in [2.45, 2.75) is 32.2 Å². The number of para-hydroxylation sites is 1. The number of aromatic nitrogens is 1. The summed E-state index contributed by atoms with van der Waals surface area (Å²) >= 11 is 0. The number of aryl methyl sites for hydroxylation is 2. The number of Topliss-reactive ketones (excluding diaryl/α,β-unsaturated/α-hetero) is 1. The third kappa shape index (κ3) is 2.16. The van der Waals surface area contributed by atoms with Gasteiger partial charge in [-0.1, -0.05) is 48.5 Å². The van der Waals surface area contributed by atoms with Crippen molar-refractivity contribution in [1.29, 1.82) is 0 Å². The molecule has 0 amide bonds. The highest BCUT2D eigenvalue weighted by molar-refractivity contribution is 6.10. The molecule has 1 aliphatic rings. The molecule has 0 N–H and O–H groups in total. The van der Waals surface area contributed by atoms with Crippen molar-refractivity contribution in [2.75, 3.05) is 0 Å². The minimum absolute atomic E-state index is 0.316. The van der Waals surface area contributed by atoms with Gasteiger partial charge < -0.3 is 4.57 Å². The number of nitrogens with zero attached hydrogens (tertiary/aromatic N) is 1. The number of hydrogen-bond donors (Lipinski definition) is 0. The summed E-state index contributed by atoms with van der Waals surface area (Å²) in [6.45, 7) is 0.938. The molecule has 0 unspecified atom stereocenters. The fourth-order valence-electron chi connectivity index (χ4n) is 3.61. The molecule has 22 heavy (non-hydrogen) atoms. The predicted octanol–water partition coefficient (Wildman–Crippen LogP) is 4.40. The van der Waals surface area contributed by atoms with Crippen LogP contribution in [0.25, 0.3) is 10.9 Å². The first kappa shape index (κ1) is 13.3. The van der Waals surface area contributed by atoms with Gasteiger partial charge in [0.2, 0.25) is 0 Å². The molecule has 0 bridgehead atoms. The molecule has 0 fully saturated rings. The second kappa shape index (κ2) is 5.45. The maximum Gasteiger partial charge on any atom is 0.165 e. The van der Waals surface area contributed by atoms with E-state index in [9.17, 15) is 4.79 Å². The Hall–Kier alpha value is -2.35. The lowest BCUT2D eigenvalue weighted by atomic mass is 9.94. The van der Waals surface area contributed by atoms with E-state index in [1.54, 1.807) is 0 Å². The molecule has 0 aliphatic heterocycles. The molecule has 0 saturated carbocycles. The molecule has 2 heteroatoms.